The van der Waals surface area contributed by atoms with Crippen LogP contribution in [0.3, 0.4) is 0 Å². The summed E-state index contributed by atoms with van der Waals surface area (Å²) in [6.45, 7) is 2.11. The molecular weight excluding hydrogens is 241 g/mol. The molecule has 3 N–H and O–H groups in total. The van der Waals surface area contributed by atoms with Gasteiger partial charge in [0.05, 0.1) is 0 Å². The van der Waals surface area contributed by atoms with Crippen LogP contribution >= 0.6 is 0 Å². The second-order valence-electron chi connectivity index (χ2n) is 2.93. The molecule has 0 spiro atoms. The van der Waals surface area contributed by atoms with Crippen LogP contribution in [0.5, 0.6) is 0 Å². The Hall–Kier alpha value is -1.09. The third-order valence-electron chi connectivity index (χ3n) is 1.97. The molecule has 0 saturated heterocycles. The summed E-state index contributed by atoms with van der Waals surface area (Å²) in [6.07, 6.45) is 0. The first kappa shape index (κ1) is 9.46. The van der Waals surface area contributed by atoms with Crippen molar-refractivity contribution >= 4 is 19.2 Å². The Morgan fingerprint density at radius 2 is 2.00 bits per heavy atom. The molecule has 0 aliphatic rings. The predicted octanol–water partition coefficient (Wildman–Crippen LogP) is 1.40. The third-order valence-corrected chi connectivity index (χ3v) is 3.86. The van der Waals surface area contributed by atoms with Crippen LogP contribution in [0, 0.1) is 6.92 Å². The number of aromatic nitrogens is 1. The van der Waals surface area contributed by atoms with Gasteiger partial charge < -0.3 is 0 Å². The van der Waals surface area contributed by atoms with Gasteiger partial charge in [0, 0.05) is 0 Å². The predicted molar refractivity (Wildman–Crippen MR) is 59.2 cm³/mol. The minimum absolute atomic E-state index is 0.264. The SMILES string of the molecule is Cc1[se]c(NN)nc1-c1ccccc1. The summed E-state index contributed by atoms with van der Waals surface area (Å²) in [5.41, 5.74) is 4.86. The first-order chi connectivity index (χ1) is 6.81. The van der Waals surface area contributed by atoms with E-state index in [1.165, 1.54) is 4.44 Å². The van der Waals surface area contributed by atoms with Crippen LogP contribution in [0.15, 0.2) is 30.3 Å². The van der Waals surface area contributed by atoms with Crippen molar-refractivity contribution < 1.29 is 0 Å². The van der Waals surface area contributed by atoms with Gasteiger partial charge in [-0.1, -0.05) is 0 Å². The number of aryl methyl sites for hydroxylation is 1. The van der Waals surface area contributed by atoms with Crippen molar-refractivity contribution in [2.24, 2.45) is 5.84 Å². The molecule has 0 fully saturated rings. The molecule has 0 amide bonds. The minimum atomic E-state index is 0.264. The van der Waals surface area contributed by atoms with E-state index in [2.05, 4.69) is 29.5 Å². The molecule has 3 nitrogen and oxygen atoms in total. The fourth-order valence-corrected chi connectivity index (χ4v) is 2.89. The number of hydrazine groups is 1. The summed E-state index contributed by atoms with van der Waals surface area (Å²) in [5, 5.41) is 0. The summed E-state index contributed by atoms with van der Waals surface area (Å²) in [4.78, 5) is 4.45. The van der Waals surface area contributed by atoms with Crippen molar-refractivity contribution in [1.82, 2.24) is 4.98 Å². The summed E-state index contributed by atoms with van der Waals surface area (Å²) in [5.74, 6) is 5.34. The molecule has 0 atom stereocenters. The zero-order valence-electron chi connectivity index (χ0n) is 7.82. The van der Waals surface area contributed by atoms with Crippen LogP contribution in [0.25, 0.3) is 11.3 Å². The molecular formula is C10H11N3Se. The summed E-state index contributed by atoms with van der Waals surface area (Å²) in [7, 11) is 0. The average Bonchev–Trinajstić information content (AvgIpc) is 2.61. The molecule has 1 aromatic carbocycles. The third kappa shape index (κ3) is 1.73. The summed E-state index contributed by atoms with van der Waals surface area (Å²) in [6, 6.07) is 10.2. The van der Waals surface area contributed by atoms with E-state index < -0.39 is 0 Å². The van der Waals surface area contributed by atoms with E-state index in [0.29, 0.717) is 0 Å². The van der Waals surface area contributed by atoms with Crippen LogP contribution in [0.1, 0.15) is 4.44 Å². The zero-order chi connectivity index (χ0) is 9.97. The van der Waals surface area contributed by atoms with Gasteiger partial charge in [-0.25, -0.2) is 0 Å². The van der Waals surface area contributed by atoms with E-state index in [0.717, 1.165) is 15.9 Å². The monoisotopic (exact) mass is 253 g/mol. The first-order valence-electron chi connectivity index (χ1n) is 4.30. The molecule has 0 radical (unpaired) electrons. The van der Waals surface area contributed by atoms with Crippen LogP contribution in [0.4, 0.5) is 4.69 Å². The zero-order valence-corrected chi connectivity index (χ0v) is 9.53. The van der Waals surface area contributed by atoms with Gasteiger partial charge in [0.2, 0.25) is 0 Å². The van der Waals surface area contributed by atoms with Gasteiger partial charge >= 0.3 is 88.4 Å². The number of nitrogens with one attached hydrogen (secondary N) is 1. The maximum absolute atomic E-state index is 5.34. The Labute approximate surface area is 88.7 Å². The van der Waals surface area contributed by atoms with Crippen molar-refractivity contribution in [1.29, 1.82) is 0 Å². The number of hydrogen-bond acceptors (Lipinski definition) is 3. The normalized spacial score (nSPS) is 10.1. The van der Waals surface area contributed by atoms with E-state index >= 15 is 0 Å². The molecule has 0 bridgehead atoms. The van der Waals surface area contributed by atoms with E-state index in [1.807, 2.05) is 18.2 Å². The van der Waals surface area contributed by atoms with Gasteiger partial charge in [-0.2, -0.15) is 0 Å². The van der Waals surface area contributed by atoms with Crippen molar-refractivity contribution in [2.45, 2.75) is 6.92 Å². The number of nitrogens with zero attached hydrogens (tertiary/aromatic N) is 1. The van der Waals surface area contributed by atoms with Crippen molar-refractivity contribution in [2.75, 3.05) is 5.43 Å². The number of rotatable bonds is 2. The van der Waals surface area contributed by atoms with Gasteiger partial charge in [-0.15, -0.1) is 0 Å². The molecule has 2 aromatic rings. The van der Waals surface area contributed by atoms with E-state index in [9.17, 15) is 0 Å². The van der Waals surface area contributed by atoms with E-state index in [-0.39, 0.29) is 14.5 Å². The van der Waals surface area contributed by atoms with E-state index in [1.54, 1.807) is 0 Å². The Morgan fingerprint density at radius 3 is 2.57 bits per heavy atom. The van der Waals surface area contributed by atoms with Crippen LogP contribution in [-0.2, 0) is 0 Å². The van der Waals surface area contributed by atoms with Gasteiger partial charge in [0.1, 0.15) is 0 Å². The molecule has 1 aromatic heterocycles. The first-order valence-corrected chi connectivity index (χ1v) is 6.02. The molecule has 0 aliphatic carbocycles. The van der Waals surface area contributed by atoms with Crippen LogP contribution in [0.2, 0.25) is 0 Å². The number of nitrogen functional groups attached to an aromatic ring is 1. The number of benzene rings is 1. The fourth-order valence-electron chi connectivity index (χ4n) is 1.32. The number of hydrogen-bond donors (Lipinski definition) is 2. The molecule has 0 unspecified atom stereocenters. The molecule has 14 heavy (non-hydrogen) atoms. The second-order valence-corrected chi connectivity index (χ2v) is 5.46. The average molecular weight is 252 g/mol. The molecule has 2 rings (SSSR count). The molecule has 4 heteroatoms. The van der Waals surface area contributed by atoms with Gasteiger partial charge in [0.15, 0.2) is 0 Å². The number of nitrogens with two attached hydrogens (primary N) is 1. The van der Waals surface area contributed by atoms with Crippen molar-refractivity contribution in [3.63, 3.8) is 0 Å². The Bertz CT molecular complexity index is 422. The van der Waals surface area contributed by atoms with Crippen molar-refractivity contribution in [3.8, 4) is 11.3 Å². The Morgan fingerprint density at radius 1 is 1.29 bits per heavy atom. The van der Waals surface area contributed by atoms with Crippen molar-refractivity contribution in [3.05, 3.63) is 34.8 Å². The quantitative estimate of drug-likeness (QED) is 0.482. The molecule has 0 aliphatic heterocycles. The number of anilines is 1. The standard InChI is InChI=1S/C10H11N3Se/c1-7-9(12-10(13-11)14-7)8-5-3-2-4-6-8/h2-6H,11H2,1H3,(H,12,13). The van der Waals surface area contributed by atoms with Gasteiger partial charge in [0.25, 0.3) is 0 Å². The Kier molecular flexibility index (Phi) is 2.68. The van der Waals surface area contributed by atoms with Gasteiger partial charge in [-0.3, -0.25) is 0 Å². The van der Waals surface area contributed by atoms with Crippen LogP contribution < -0.4 is 11.3 Å². The fraction of sp³-hybridized carbons (Fsp3) is 0.100. The topological polar surface area (TPSA) is 50.9 Å². The molecule has 72 valence electrons. The van der Waals surface area contributed by atoms with Gasteiger partial charge in [-0.05, 0) is 0 Å². The van der Waals surface area contributed by atoms with Crippen LogP contribution in [-0.4, -0.2) is 19.5 Å². The summed E-state index contributed by atoms with van der Waals surface area (Å²) >= 11 is 0.264. The maximum atomic E-state index is 5.34. The summed E-state index contributed by atoms with van der Waals surface area (Å²) < 4.78 is 2.21. The second kappa shape index (κ2) is 3.96. The molecule has 1 heterocycles. The van der Waals surface area contributed by atoms with E-state index in [4.69, 9.17) is 5.84 Å². The molecule has 0 saturated carbocycles. The Balaban J connectivity index is 2.46.